The standard InChI is InChI=1S/C22H22IN3O2/c1-5-14(3)28-21-17(23)10-15(11-20(21)27-4)9-16(12-24)22-25-18-7-6-13(2)8-19(18)26-22/h6-11,14H,5H2,1-4H3,(H,25,26)/b16-9-/t14-/m1/s1. The van der Waals surface area contributed by atoms with Crippen molar-refractivity contribution in [2.24, 2.45) is 0 Å². The van der Waals surface area contributed by atoms with Crippen molar-refractivity contribution >= 4 is 45.3 Å². The van der Waals surface area contributed by atoms with Crippen molar-refractivity contribution < 1.29 is 9.47 Å². The first-order valence-corrected chi connectivity index (χ1v) is 10.2. The van der Waals surface area contributed by atoms with Crippen LogP contribution in [0.15, 0.2) is 30.3 Å². The van der Waals surface area contributed by atoms with Crippen LogP contribution in [0.5, 0.6) is 11.5 Å². The molecule has 0 saturated heterocycles. The van der Waals surface area contributed by atoms with E-state index in [1.807, 2.05) is 50.3 Å². The molecule has 3 rings (SSSR count). The smallest absolute Gasteiger partial charge is 0.174 e. The van der Waals surface area contributed by atoms with Gasteiger partial charge in [0.15, 0.2) is 11.5 Å². The number of allylic oxidation sites excluding steroid dienone is 1. The zero-order chi connectivity index (χ0) is 20.3. The van der Waals surface area contributed by atoms with E-state index in [4.69, 9.17) is 9.47 Å². The van der Waals surface area contributed by atoms with E-state index in [1.54, 1.807) is 7.11 Å². The van der Waals surface area contributed by atoms with Gasteiger partial charge < -0.3 is 14.5 Å². The normalized spacial score (nSPS) is 12.6. The number of rotatable bonds is 6. The van der Waals surface area contributed by atoms with Crippen molar-refractivity contribution in [3.05, 3.63) is 50.9 Å². The first-order valence-electron chi connectivity index (χ1n) is 9.07. The first-order chi connectivity index (χ1) is 13.4. The molecule has 3 aromatic rings. The van der Waals surface area contributed by atoms with E-state index >= 15 is 0 Å². The number of hydrogen-bond acceptors (Lipinski definition) is 4. The fraction of sp³-hybridized carbons (Fsp3) is 0.273. The van der Waals surface area contributed by atoms with Gasteiger partial charge in [0, 0.05) is 0 Å². The number of fused-ring (bicyclic) bond motifs is 1. The van der Waals surface area contributed by atoms with Gasteiger partial charge in [-0.2, -0.15) is 5.26 Å². The van der Waals surface area contributed by atoms with Crippen LogP contribution in [0.4, 0.5) is 0 Å². The molecule has 28 heavy (non-hydrogen) atoms. The van der Waals surface area contributed by atoms with Crippen LogP contribution in [-0.4, -0.2) is 23.2 Å². The van der Waals surface area contributed by atoms with Gasteiger partial charge >= 0.3 is 0 Å². The molecule has 0 unspecified atom stereocenters. The fourth-order valence-corrected chi connectivity index (χ4v) is 3.55. The van der Waals surface area contributed by atoms with Gasteiger partial charge in [-0.3, -0.25) is 0 Å². The van der Waals surface area contributed by atoms with E-state index in [-0.39, 0.29) is 6.10 Å². The van der Waals surface area contributed by atoms with E-state index in [9.17, 15) is 5.26 Å². The number of ether oxygens (including phenoxy) is 2. The second-order valence-electron chi connectivity index (χ2n) is 6.65. The number of methoxy groups -OCH3 is 1. The molecular formula is C22H22IN3O2. The molecule has 0 bridgehead atoms. The number of halogens is 1. The minimum Gasteiger partial charge on any atom is -0.493 e. The Labute approximate surface area is 178 Å². The Morgan fingerprint density at radius 3 is 2.82 bits per heavy atom. The summed E-state index contributed by atoms with van der Waals surface area (Å²) in [5.74, 6) is 1.93. The Morgan fingerprint density at radius 2 is 2.14 bits per heavy atom. The molecule has 0 radical (unpaired) electrons. The van der Waals surface area contributed by atoms with Crippen LogP contribution in [0.1, 0.15) is 37.2 Å². The molecule has 1 N–H and O–H groups in total. The van der Waals surface area contributed by atoms with Crippen molar-refractivity contribution in [1.29, 1.82) is 5.26 Å². The van der Waals surface area contributed by atoms with Crippen LogP contribution >= 0.6 is 22.6 Å². The highest BCUT2D eigenvalue weighted by Crippen LogP contribution is 2.36. The van der Waals surface area contributed by atoms with Crippen LogP contribution in [0.2, 0.25) is 0 Å². The summed E-state index contributed by atoms with van der Waals surface area (Å²) in [6, 6.07) is 12.1. The van der Waals surface area contributed by atoms with Gasteiger partial charge in [-0.1, -0.05) is 13.0 Å². The molecule has 0 saturated carbocycles. The number of nitrogens with one attached hydrogen (secondary N) is 1. The summed E-state index contributed by atoms with van der Waals surface area (Å²) in [4.78, 5) is 7.79. The molecule has 0 fully saturated rings. The third-order valence-corrected chi connectivity index (χ3v) is 5.27. The summed E-state index contributed by atoms with van der Waals surface area (Å²) in [6.07, 6.45) is 2.81. The van der Waals surface area contributed by atoms with Gasteiger partial charge in [-0.05, 0) is 84.3 Å². The van der Waals surface area contributed by atoms with Crippen LogP contribution in [0.25, 0.3) is 22.7 Å². The number of aryl methyl sites for hydroxylation is 1. The van der Waals surface area contributed by atoms with Gasteiger partial charge in [-0.25, -0.2) is 4.98 Å². The number of nitriles is 1. The maximum absolute atomic E-state index is 9.69. The number of imidazole rings is 1. The van der Waals surface area contributed by atoms with Gasteiger partial charge in [0.2, 0.25) is 0 Å². The summed E-state index contributed by atoms with van der Waals surface area (Å²) in [6.45, 7) is 6.13. The summed E-state index contributed by atoms with van der Waals surface area (Å²) < 4.78 is 12.5. The molecule has 144 valence electrons. The number of nitrogens with zero attached hydrogens (tertiary/aromatic N) is 2. The summed E-state index contributed by atoms with van der Waals surface area (Å²) >= 11 is 2.23. The van der Waals surface area contributed by atoms with Gasteiger partial charge in [0.05, 0.1) is 33.4 Å². The lowest BCUT2D eigenvalue weighted by Gasteiger charge is -2.17. The highest BCUT2D eigenvalue weighted by atomic mass is 127. The van der Waals surface area contributed by atoms with E-state index < -0.39 is 0 Å². The second kappa shape index (κ2) is 8.65. The molecule has 0 aliphatic rings. The minimum absolute atomic E-state index is 0.0949. The zero-order valence-corrected chi connectivity index (χ0v) is 18.5. The first kappa shape index (κ1) is 20.2. The van der Waals surface area contributed by atoms with Crippen LogP contribution < -0.4 is 9.47 Å². The largest absolute Gasteiger partial charge is 0.493 e. The molecule has 0 spiro atoms. The molecule has 1 atom stereocenters. The summed E-state index contributed by atoms with van der Waals surface area (Å²) in [5.41, 5.74) is 4.21. The van der Waals surface area contributed by atoms with E-state index in [1.165, 1.54) is 0 Å². The highest BCUT2D eigenvalue weighted by molar-refractivity contribution is 14.1. The lowest BCUT2D eigenvalue weighted by Crippen LogP contribution is -2.11. The van der Waals surface area contributed by atoms with E-state index in [0.717, 1.165) is 37.9 Å². The maximum atomic E-state index is 9.69. The van der Waals surface area contributed by atoms with Gasteiger partial charge in [0.25, 0.3) is 0 Å². The van der Waals surface area contributed by atoms with Gasteiger partial charge in [0.1, 0.15) is 11.9 Å². The molecule has 0 aliphatic carbocycles. The molecule has 1 heterocycles. The minimum atomic E-state index is 0.0949. The maximum Gasteiger partial charge on any atom is 0.174 e. The monoisotopic (exact) mass is 487 g/mol. The Kier molecular flexibility index (Phi) is 6.25. The lowest BCUT2D eigenvalue weighted by atomic mass is 10.1. The molecule has 0 amide bonds. The van der Waals surface area contributed by atoms with Crippen LogP contribution in [0, 0.1) is 21.8 Å². The molecule has 5 nitrogen and oxygen atoms in total. The van der Waals surface area contributed by atoms with Crippen molar-refractivity contribution in [2.75, 3.05) is 7.11 Å². The van der Waals surface area contributed by atoms with Crippen molar-refractivity contribution in [3.8, 4) is 17.6 Å². The average molecular weight is 487 g/mol. The number of aromatic amines is 1. The topological polar surface area (TPSA) is 70.9 Å². The van der Waals surface area contributed by atoms with Crippen molar-refractivity contribution in [3.63, 3.8) is 0 Å². The number of H-pyrrole nitrogens is 1. The summed E-state index contributed by atoms with van der Waals surface area (Å²) in [5, 5.41) is 9.69. The third-order valence-electron chi connectivity index (χ3n) is 4.47. The van der Waals surface area contributed by atoms with Crippen LogP contribution in [0.3, 0.4) is 0 Å². The third kappa shape index (κ3) is 4.30. The number of hydrogen-bond donors (Lipinski definition) is 1. The zero-order valence-electron chi connectivity index (χ0n) is 16.3. The summed E-state index contributed by atoms with van der Waals surface area (Å²) in [7, 11) is 1.62. The number of aromatic nitrogens is 2. The van der Waals surface area contributed by atoms with Gasteiger partial charge in [-0.15, -0.1) is 0 Å². The molecule has 1 aromatic heterocycles. The molecular weight excluding hydrogens is 465 g/mol. The van der Waals surface area contributed by atoms with E-state index in [2.05, 4.69) is 45.6 Å². The average Bonchev–Trinajstić information content (AvgIpc) is 3.10. The Bertz CT molecular complexity index is 1080. The SMILES string of the molecule is CC[C@@H](C)Oc1c(I)cc(/C=C(/C#N)c2nc3ccc(C)cc3[nH]2)cc1OC. The van der Waals surface area contributed by atoms with E-state index in [0.29, 0.717) is 17.1 Å². The second-order valence-corrected chi connectivity index (χ2v) is 7.81. The predicted molar refractivity (Wildman–Crippen MR) is 120 cm³/mol. The Morgan fingerprint density at radius 1 is 1.36 bits per heavy atom. The molecule has 6 heteroatoms. The predicted octanol–water partition coefficient (Wildman–Crippen LogP) is 5.73. The highest BCUT2D eigenvalue weighted by Gasteiger charge is 2.15. The van der Waals surface area contributed by atoms with Crippen molar-refractivity contribution in [2.45, 2.75) is 33.3 Å². The Hall–Kier alpha value is -2.53. The van der Waals surface area contributed by atoms with Crippen molar-refractivity contribution in [1.82, 2.24) is 9.97 Å². The molecule has 2 aromatic carbocycles. The van der Waals surface area contributed by atoms with Crippen LogP contribution in [-0.2, 0) is 0 Å². The lowest BCUT2D eigenvalue weighted by molar-refractivity contribution is 0.206. The number of benzene rings is 2. The fourth-order valence-electron chi connectivity index (χ4n) is 2.79. The Balaban J connectivity index is 2.02. The molecule has 0 aliphatic heterocycles. The quantitative estimate of drug-likeness (QED) is 0.356.